The maximum absolute atomic E-state index is 11.3. The topological polar surface area (TPSA) is 72.2 Å². The summed E-state index contributed by atoms with van der Waals surface area (Å²) in [4.78, 5) is 21.7. The molecule has 3 amide bonds. The Morgan fingerprint density at radius 3 is 2.07 bits per heavy atom. The third-order valence-corrected chi connectivity index (χ3v) is 2.28. The SMILES string of the molecule is NC(=O)NC(=O)c1cc(Br)cc(Br)c1. The lowest BCUT2D eigenvalue weighted by molar-refractivity contribution is 0.0966. The Bertz CT molecular complexity index is 373. The van der Waals surface area contributed by atoms with E-state index in [1.807, 2.05) is 5.32 Å². The van der Waals surface area contributed by atoms with Crippen LogP contribution in [0.15, 0.2) is 27.1 Å². The molecule has 6 heteroatoms. The molecule has 0 aliphatic carbocycles. The van der Waals surface area contributed by atoms with Crippen LogP contribution in [0, 0.1) is 0 Å². The smallest absolute Gasteiger partial charge is 0.319 e. The second-order valence-electron chi connectivity index (χ2n) is 2.48. The van der Waals surface area contributed by atoms with Gasteiger partial charge >= 0.3 is 6.03 Å². The van der Waals surface area contributed by atoms with Crippen molar-refractivity contribution in [3.63, 3.8) is 0 Å². The average molecular weight is 322 g/mol. The molecular formula is C8H6Br2N2O2. The first-order valence-corrected chi connectivity index (χ1v) is 5.14. The van der Waals surface area contributed by atoms with Crippen LogP contribution in [0.1, 0.15) is 10.4 Å². The number of primary amides is 1. The van der Waals surface area contributed by atoms with E-state index in [1.165, 1.54) is 0 Å². The minimum Gasteiger partial charge on any atom is -0.351 e. The summed E-state index contributed by atoms with van der Waals surface area (Å²) >= 11 is 6.44. The van der Waals surface area contributed by atoms with Crippen LogP contribution in [0.5, 0.6) is 0 Å². The number of rotatable bonds is 1. The fourth-order valence-electron chi connectivity index (χ4n) is 0.869. The lowest BCUT2D eigenvalue weighted by Crippen LogP contribution is -2.34. The van der Waals surface area contributed by atoms with Crippen LogP contribution < -0.4 is 11.1 Å². The van der Waals surface area contributed by atoms with Crippen LogP contribution in [0.3, 0.4) is 0 Å². The fraction of sp³-hybridized carbons (Fsp3) is 0. The molecular weight excluding hydrogens is 316 g/mol. The quantitative estimate of drug-likeness (QED) is 0.830. The van der Waals surface area contributed by atoms with Crippen molar-refractivity contribution < 1.29 is 9.59 Å². The van der Waals surface area contributed by atoms with Crippen molar-refractivity contribution in [2.45, 2.75) is 0 Å². The molecule has 0 atom stereocenters. The molecule has 4 nitrogen and oxygen atoms in total. The van der Waals surface area contributed by atoms with Gasteiger partial charge in [0.1, 0.15) is 0 Å². The lowest BCUT2D eigenvalue weighted by Gasteiger charge is -2.02. The number of urea groups is 1. The van der Waals surface area contributed by atoms with E-state index in [2.05, 4.69) is 31.9 Å². The van der Waals surface area contributed by atoms with Crippen molar-refractivity contribution in [3.05, 3.63) is 32.7 Å². The monoisotopic (exact) mass is 320 g/mol. The Morgan fingerprint density at radius 1 is 1.14 bits per heavy atom. The molecule has 3 N–H and O–H groups in total. The number of amides is 3. The van der Waals surface area contributed by atoms with Crippen molar-refractivity contribution in [1.29, 1.82) is 0 Å². The largest absolute Gasteiger partial charge is 0.351 e. The third kappa shape index (κ3) is 3.12. The molecule has 0 saturated carbocycles. The first-order chi connectivity index (χ1) is 6.49. The van der Waals surface area contributed by atoms with Crippen molar-refractivity contribution in [2.75, 3.05) is 0 Å². The first-order valence-electron chi connectivity index (χ1n) is 3.56. The van der Waals surface area contributed by atoms with Crippen molar-refractivity contribution in [2.24, 2.45) is 5.73 Å². The van der Waals surface area contributed by atoms with Crippen molar-refractivity contribution in [3.8, 4) is 0 Å². The number of halogens is 2. The zero-order valence-corrected chi connectivity index (χ0v) is 10.1. The summed E-state index contributed by atoms with van der Waals surface area (Å²) in [6.07, 6.45) is 0. The molecule has 14 heavy (non-hydrogen) atoms. The van der Waals surface area contributed by atoms with Crippen LogP contribution in [-0.2, 0) is 0 Å². The van der Waals surface area contributed by atoms with E-state index in [0.29, 0.717) is 5.56 Å². The Hall–Kier alpha value is -0.880. The van der Waals surface area contributed by atoms with Crippen LogP contribution in [0.2, 0.25) is 0 Å². The van der Waals surface area contributed by atoms with Gasteiger partial charge in [0, 0.05) is 14.5 Å². The van der Waals surface area contributed by atoms with Gasteiger partial charge in [0.15, 0.2) is 0 Å². The minimum absolute atomic E-state index is 0.352. The van der Waals surface area contributed by atoms with Gasteiger partial charge in [-0.25, -0.2) is 4.79 Å². The van der Waals surface area contributed by atoms with Gasteiger partial charge in [-0.05, 0) is 18.2 Å². The second-order valence-corrected chi connectivity index (χ2v) is 4.31. The molecule has 0 bridgehead atoms. The van der Waals surface area contributed by atoms with E-state index in [0.717, 1.165) is 8.95 Å². The van der Waals surface area contributed by atoms with E-state index in [9.17, 15) is 9.59 Å². The summed E-state index contributed by atoms with van der Waals surface area (Å²) in [5.74, 6) is -0.528. The number of benzene rings is 1. The van der Waals surface area contributed by atoms with Gasteiger partial charge in [0.25, 0.3) is 5.91 Å². The fourth-order valence-corrected chi connectivity index (χ4v) is 2.16. The lowest BCUT2D eigenvalue weighted by atomic mass is 10.2. The number of hydrogen-bond donors (Lipinski definition) is 2. The summed E-state index contributed by atoms with van der Waals surface area (Å²) in [5, 5.41) is 1.97. The average Bonchev–Trinajstić information content (AvgIpc) is 2.00. The molecule has 74 valence electrons. The molecule has 1 aromatic rings. The highest BCUT2D eigenvalue weighted by Gasteiger charge is 2.08. The Kier molecular flexibility index (Phi) is 3.65. The van der Waals surface area contributed by atoms with Gasteiger partial charge in [-0.3, -0.25) is 10.1 Å². The van der Waals surface area contributed by atoms with Crippen LogP contribution in [0.4, 0.5) is 4.79 Å². The van der Waals surface area contributed by atoms with E-state index in [1.54, 1.807) is 18.2 Å². The van der Waals surface area contributed by atoms with Crippen LogP contribution in [-0.4, -0.2) is 11.9 Å². The van der Waals surface area contributed by atoms with Crippen LogP contribution >= 0.6 is 31.9 Å². The molecule has 0 aliphatic rings. The van der Waals surface area contributed by atoms with E-state index < -0.39 is 11.9 Å². The predicted octanol–water partition coefficient (Wildman–Crippen LogP) is 2.02. The Labute approximate surface area is 97.1 Å². The predicted molar refractivity (Wildman–Crippen MR) is 58.9 cm³/mol. The maximum atomic E-state index is 11.3. The molecule has 0 heterocycles. The molecule has 0 aromatic heterocycles. The van der Waals surface area contributed by atoms with Gasteiger partial charge in [-0.2, -0.15) is 0 Å². The molecule has 0 unspecified atom stereocenters. The number of imide groups is 1. The summed E-state index contributed by atoms with van der Waals surface area (Å²) < 4.78 is 1.47. The number of carbonyl (C=O) groups excluding carboxylic acids is 2. The van der Waals surface area contributed by atoms with E-state index in [-0.39, 0.29) is 0 Å². The molecule has 0 aliphatic heterocycles. The summed E-state index contributed by atoms with van der Waals surface area (Å²) in [6, 6.07) is 4.08. The maximum Gasteiger partial charge on any atom is 0.319 e. The van der Waals surface area contributed by atoms with Gasteiger partial charge in [-0.1, -0.05) is 31.9 Å². The van der Waals surface area contributed by atoms with Crippen molar-refractivity contribution in [1.82, 2.24) is 5.32 Å². The summed E-state index contributed by atoms with van der Waals surface area (Å²) in [6.45, 7) is 0. The molecule has 0 fully saturated rings. The Balaban J connectivity index is 2.95. The van der Waals surface area contributed by atoms with Gasteiger partial charge < -0.3 is 5.73 Å². The molecule has 1 rings (SSSR count). The zero-order valence-electron chi connectivity index (χ0n) is 6.88. The standard InChI is InChI=1S/C8H6Br2N2O2/c9-5-1-4(2-6(10)3-5)7(13)12-8(11)14/h1-3H,(H3,11,12,13,14). The normalized spacial score (nSPS) is 9.57. The van der Waals surface area contributed by atoms with E-state index >= 15 is 0 Å². The van der Waals surface area contributed by atoms with Crippen LogP contribution in [0.25, 0.3) is 0 Å². The molecule has 1 aromatic carbocycles. The Morgan fingerprint density at radius 2 is 1.64 bits per heavy atom. The third-order valence-electron chi connectivity index (χ3n) is 1.36. The van der Waals surface area contributed by atoms with E-state index in [4.69, 9.17) is 5.73 Å². The molecule has 0 spiro atoms. The second kappa shape index (κ2) is 4.56. The number of nitrogens with one attached hydrogen (secondary N) is 1. The highest BCUT2D eigenvalue weighted by Crippen LogP contribution is 2.19. The molecule has 0 saturated heterocycles. The minimum atomic E-state index is -0.869. The summed E-state index contributed by atoms with van der Waals surface area (Å²) in [5.41, 5.74) is 5.16. The number of nitrogens with two attached hydrogens (primary N) is 1. The highest BCUT2D eigenvalue weighted by molar-refractivity contribution is 9.11. The first kappa shape index (κ1) is 11.2. The highest BCUT2D eigenvalue weighted by atomic mass is 79.9. The van der Waals surface area contributed by atoms with Crippen molar-refractivity contribution >= 4 is 43.8 Å². The van der Waals surface area contributed by atoms with Gasteiger partial charge in [0.2, 0.25) is 0 Å². The number of carbonyl (C=O) groups is 2. The number of hydrogen-bond acceptors (Lipinski definition) is 2. The van der Waals surface area contributed by atoms with Gasteiger partial charge in [0.05, 0.1) is 0 Å². The zero-order chi connectivity index (χ0) is 10.7. The van der Waals surface area contributed by atoms with Gasteiger partial charge in [-0.15, -0.1) is 0 Å². The summed E-state index contributed by atoms with van der Waals surface area (Å²) in [7, 11) is 0. The molecule has 0 radical (unpaired) electrons.